The number of hydrogen-bond acceptors (Lipinski definition) is 3. The van der Waals surface area contributed by atoms with E-state index in [-0.39, 0.29) is 0 Å². The molecule has 0 bridgehead atoms. The summed E-state index contributed by atoms with van der Waals surface area (Å²) in [5.41, 5.74) is 9.51. The molecule has 0 amide bonds. The molecule has 2 aromatic carbocycles. The Balaban J connectivity index is 1.79. The van der Waals surface area contributed by atoms with E-state index >= 15 is 0 Å². The first-order valence-corrected chi connectivity index (χ1v) is 6.80. The summed E-state index contributed by atoms with van der Waals surface area (Å²) in [6.45, 7) is 0.544. The number of nitrogen functional groups attached to an aromatic ring is 1. The molecule has 0 saturated heterocycles. The van der Waals surface area contributed by atoms with Crippen LogP contribution in [0, 0.1) is 0 Å². The number of ether oxygens (including phenoxy) is 1. The fourth-order valence-electron chi connectivity index (χ4n) is 2.13. The van der Waals surface area contributed by atoms with Gasteiger partial charge < -0.3 is 10.5 Å². The van der Waals surface area contributed by atoms with Crippen molar-refractivity contribution in [2.45, 2.75) is 6.61 Å². The molecule has 0 aliphatic carbocycles. The van der Waals surface area contributed by atoms with Crippen molar-refractivity contribution < 1.29 is 4.74 Å². The third-order valence-corrected chi connectivity index (χ3v) is 3.19. The van der Waals surface area contributed by atoms with Crippen LogP contribution in [0.1, 0.15) is 5.56 Å². The topological polar surface area (TPSA) is 48.1 Å². The molecule has 0 unspecified atom stereocenters. The summed E-state index contributed by atoms with van der Waals surface area (Å²) in [6, 6.07) is 21.6. The van der Waals surface area contributed by atoms with Gasteiger partial charge in [-0.05, 0) is 29.8 Å². The van der Waals surface area contributed by atoms with E-state index in [1.165, 1.54) is 0 Å². The second kappa shape index (κ2) is 6.09. The summed E-state index contributed by atoms with van der Waals surface area (Å²) >= 11 is 0. The summed E-state index contributed by atoms with van der Waals surface area (Å²) in [5.74, 6) is 0.807. The van der Waals surface area contributed by atoms with Crippen molar-refractivity contribution >= 4 is 5.69 Å². The highest BCUT2D eigenvalue weighted by Crippen LogP contribution is 2.26. The molecule has 0 aliphatic rings. The molecule has 3 rings (SSSR count). The number of rotatable bonds is 4. The van der Waals surface area contributed by atoms with Gasteiger partial charge in [-0.3, -0.25) is 4.98 Å². The maximum atomic E-state index is 5.96. The van der Waals surface area contributed by atoms with Gasteiger partial charge in [0, 0.05) is 11.8 Å². The molecule has 0 saturated carbocycles. The highest BCUT2D eigenvalue weighted by Gasteiger charge is 2.05. The fourth-order valence-corrected chi connectivity index (χ4v) is 2.13. The zero-order valence-electron chi connectivity index (χ0n) is 11.6. The molecule has 2 N–H and O–H groups in total. The molecular formula is C18H16N2O. The first kappa shape index (κ1) is 13.2. The second-order valence-corrected chi connectivity index (χ2v) is 4.74. The minimum absolute atomic E-state index is 0.544. The van der Waals surface area contributed by atoms with Crippen LogP contribution >= 0.6 is 0 Å². The molecular weight excluding hydrogens is 260 g/mol. The fraction of sp³-hybridized carbons (Fsp3) is 0.0556. The molecule has 3 aromatic rings. The zero-order chi connectivity index (χ0) is 14.5. The van der Waals surface area contributed by atoms with Crippen molar-refractivity contribution in [2.24, 2.45) is 0 Å². The quantitative estimate of drug-likeness (QED) is 0.786. The molecule has 0 radical (unpaired) electrons. The monoisotopic (exact) mass is 276 g/mol. The van der Waals surface area contributed by atoms with E-state index in [1.54, 1.807) is 6.20 Å². The van der Waals surface area contributed by atoms with E-state index in [1.807, 2.05) is 66.7 Å². The van der Waals surface area contributed by atoms with E-state index in [2.05, 4.69) is 4.98 Å². The van der Waals surface area contributed by atoms with Crippen LogP contribution in [0.3, 0.4) is 0 Å². The average Bonchev–Trinajstić information content (AvgIpc) is 2.55. The molecule has 0 fully saturated rings. The van der Waals surface area contributed by atoms with Crippen molar-refractivity contribution in [1.29, 1.82) is 0 Å². The number of aromatic nitrogens is 1. The minimum Gasteiger partial charge on any atom is -0.489 e. The van der Waals surface area contributed by atoms with Crippen LogP contribution in [0.2, 0.25) is 0 Å². The molecule has 3 nitrogen and oxygen atoms in total. The normalized spacial score (nSPS) is 10.3. The number of pyridine rings is 1. The lowest BCUT2D eigenvalue weighted by Gasteiger charge is -2.09. The zero-order valence-corrected chi connectivity index (χ0v) is 11.6. The van der Waals surface area contributed by atoms with Crippen LogP contribution in [-0.2, 0) is 6.61 Å². The molecule has 104 valence electrons. The molecule has 0 aliphatic heterocycles. The molecule has 0 spiro atoms. The Kier molecular flexibility index (Phi) is 3.83. The molecule has 21 heavy (non-hydrogen) atoms. The molecule has 1 heterocycles. The summed E-state index contributed by atoms with van der Waals surface area (Å²) in [7, 11) is 0. The van der Waals surface area contributed by atoms with Crippen molar-refractivity contribution in [3.8, 4) is 17.0 Å². The summed E-state index contributed by atoms with van der Waals surface area (Å²) in [5, 5.41) is 0. The molecule has 3 heteroatoms. The molecule has 1 aromatic heterocycles. The Hall–Kier alpha value is -2.81. The van der Waals surface area contributed by atoms with E-state index in [4.69, 9.17) is 10.5 Å². The van der Waals surface area contributed by atoms with Crippen LogP contribution in [0.5, 0.6) is 5.75 Å². The Labute approximate surface area is 124 Å². The van der Waals surface area contributed by atoms with Gasteiger partial charge in [-0.15, -0.1) is 0 Å². The largest absolute Gasteiger partial charge is 0.489 e. The first-order chi connectivity index (χ1) is 10.3. The summed E-state index contributed by atoms with van der Waals surface area (Å²) in [4.78, 5) is 4.33. The van der Waals surface area contributed by atoms with Gasteiger partial charge in [-0.1, -0.05) is 42.5 Å². The number of anilines is 1. The Morgan fingerprint density at radius 3 is 2.57 bits per heavy atom. The SMILES string of the molecule is Nc1cccnc1-c1cccc(OCc2ccccc2)c1. The predicted octanol–water partition coefficient (Wildman–Crippen LogP) is 3.91. The van der Waals surface area contributed by atoms with Gasteiger partial charge >= 0.3 is 0 Å². The Bertz CT molecular complexity index is 726. The Morgan fingerprint density at radius 1 is 0.905 bits per heavy atom. The van der Waals surface area contributed by atoms with Crippen molar-refractivity contribution in [3.05, 3.63) is 78.5 Å². The number of nitrogens with zero attached hydrogens (tertiary/aromatic N) is 1. The first-order valence-electron chi connectivity index (χ1n) is 6.80. The Morgan fingerprint density at radius 2 is 1.76 bits per heavy atom. The summed E-state index contributed by atoms with van der Waals surface area (Å²) in [6.07, 6.45) is 1.74. The highest BCUT2D eigenvalue weighted by atomic mass is 16.5. The van der Waals surface area contributed by atoms with E-state index in [9.17, 15) is 0 Å². The lowest BCUT2D eigenvalue weighted by atomic mass is 10.1. The number of benzene rings is 2. The van der Waals surface area contributed by atoms with Gasteiger partial charge in [-0.2, -0.15) is 0 Å². The van der Waals surface area contributed by atoms with Crippen LogP contribution in [0.25, 0.3) is 11.3 Å². The number of nitrogens with two attached hydrogens (primary N) is 1. The summed E-state index contributed by atoms with van der Waals surface area (Å²) < 4.78 is 5.83. The van der Waals surface area contributed by atoms with Crippen molar-refractivity contribution in [2.75, 3.05) is 5.73 Å². The lowest BCUT2D eigenvalue weighted by Crippen LogP contribution is -1.96. The van der Waals surface area contributed by atoms with Gasteiger partial charge in [0.05, 0.1) is 11.4 Å². The van der Waals surface area contributed by atoms with Gasteiger partial charge in [0.15, 0.2) is 0 Å². The standard InChI is InChI=1S/C18H16N2O/c19-17-10-5-11-20-18(17)15-8-4-9-16(12-15)21-13-14-6-2-1-3-7-14/h1-12H,13,19H2. The van der Waals surface area contributed by atoms with E-state index in [0.717, 1.165) is 22.6 Å². The third-order valence-electron chi connectivity index (χ3n) is 3.19. The highest BCUT2D eigenvalue weighted by molar-refractivity contribution is 5.72. The van der Waals surface area contributed by atoms with Crippen molar-refractivity contribution in [3.63, 3.8) is 0 Å². The molecule has 0 atom stereocenters. The third kappa shape index (κ3) is 3.20. The average molecular weight is 276 g/mol. The predicted molar refractivity (Wildman–Crippen MR) is 84.9 cm³/mol. The smallest absolute Gasteiger partial charge is 0.120 e. The van der Waals surface area contributed by atoms with Crippen LogP contribution in [0.4, 0.5) is 5.69 Å². The van der Waals surface area contributed by atoms with Crippen LogP contribution in [-0.4, -0.2) is 4.98 Å². The van der Waals surface area contributed by atoms with Gasteiger partial charge in [0.1, 0.15) is 12.4 Å². The van der Waals surface area contributed by atoms with Crippen LogP contribution in [0.15, 0.2) is 72.9 Å². The van der Waals surface area contributed by atoms with Gasteiger partial charge in [0.2, 0.25) is 0 Å². The van der Waals surface area contributed by atoms with Crippen LogP contribution < -0.4 is 10.5 Å². The van der Waals surface area contributed by atoms with E-state index < -0.39 is 0 Å². The van der Waals surface area contributed by atoms with E-state index in [0.29, 0.717) is 12.3 Å². The van der Waals surface area contributed by atoms with Gasteiger partial charge in [-0.25, -0.2) is 0 Å². The second-order valence-electron chi connectivity index (χ2n) is 4.74. The maximum Gasteiger partial charge on any atom is 0.120 e. The maximum absolute atomic E-state index is 5.96. The number of hydrogen-bond donors (Lipinski definition) is 1. The lowest BCUT2D eigenvalue weighted by molar-refractivity contribution is 0.306. The van der Waals surface area contributed by atoms with Crippen molar-refractivity contribution in [1.82, 2.24) is 4.98 Å². The minimum atomic E-state index is 0.544. The van der Waals surface area contributed by atoms with Gasteiger partial charge in [0.25, 0.3) is 0 Å².